The zero-order chi connectivity index (χ0) is 15.2. The Kier molecular flexibility index (Phi) is 6.93. The average molecular weight is 297 g/mol. The molecule has 21 heavy (non-hydrogen) atoms. The summed E-state index contributed by atoms with van der Waals surface area (Å²) in [4.78, 5) is 5.23. The van der Waals surface area contributed by atoms with Crippen molar-refractivity contribution in [3.05, 3.63) is 0 Å². The minimum Gasteiger partial charge on any atom is -0.372 e. The largest absolute Gasteiger partial charge is 0.372 e. The highest BCUT2D eigenvalue weighted by atomic mass is 16.5. The van der Waals surface area contributed by atoms with Crippen molar-refractivity contribution in [1.29, 1.82) is 0 Å². The summed E-state index contributed by atoms with van der Waals surface area (Å²) in [6.45, 7) is 16.0. The molecule has 0 aliphatic carbocycles. The lowest BCUT2D eigenvalue weighted by Crippen LogP contribution is -2.51. The number of nitrogens with zero attached hydrogens (tertiary/aromatic N) is 2. The van der Waals surface area contributed by atoms with E-state index in [9.17, 15) is 0 Å². The van der Waals surface area contributed by atoms with Gasteiger partial charge in [0.15, 0.2) is 0 Å². The van der Waals surface area contributed by atoms with Crippen LogP contribution in [0.1, 0.15) is 47.0 Å². The average Bonchev–Trinajstić information content (AvgIpc) is 2.92. The summed E-state index contributed by atoms with van der Waals surface area (Å²) < 4.78 is 6.19. The zero-order valence-electron chi connectivity index (χ0n) is 14.5. The van der Waals surface area contributed by atoms with Crippen molar-refractivity contribution in [3.63, 3.8) is 0 Å². The van der Waals surface area contributed by atoms with E-state index in [2.05, 4.69) is 42.8 Å². The summed E-state index contributed by atoms with van der Waals surface area (Å²) in [6.07, 6.45) is 4.60. The molecule has 2 rings (SSSR count). The number of piperazine rings is 1. The summed E-state index contributed by atoms with van der Waals surface area (Å²) in [5, 5.41) is 3.49. The zero-order valence-corrected chi connectivity index (χ0v) is 14.5. The van der Waals surface area contributed by atoms with Crippen molar-refractivity contribution in [2.45, 2.75) is 71.2 Å². The van der Waals surface area contributed by atoms with E-state index < -0.39 is 0 Å². The van der Waals surface area contributed by atoms with Crippen molar-refractivity contribution in [2.24, 2.45) is 0 Å². The second-order valence-corrected chi connectivity index (χ2v) is 7.11. The highest BCUT2D eigenvalue weighted by molar-refractivity contribution is 4.81. The van der Waals surface area contributed by atoms with Crippen LogP contribution < -0.4 is 5.32 Å². The molecule has 2 saturated heterocycles. The first-order valence-corrected chi connectivity index (χ1v) is 8.93. The van der Waals surface area contributed by atoms with E-state index in [1.165, 1.54) is 45.4 Å². The third-order valence-corrected chi connectivity index (χ3v) is 5.03. The first-order valence-electron chi connectivity index (χ1n) is 8.93. The smallest absolute Gasteiger partial charge is 0.0707 e. The molecule has 0 aromatic carbocycles. The van der Waals surface area contributed by atoms with E-state index in [0.717, 1.165) is 19.1 Å². The highest BCUT2D eigenvalue weighted by Crippen LogP contribution is 2.21. The molecule has 0 amide bonds. The standard InChI is InChI=1S/C17H35N3O/c1-5-15(4)20-10-8-19(9-11-20)13-17-7-6-16(21-17)12-18-14(2)3/h14-18H,5-13H2,1-4H3. The SMILES string of the molecule is CCC(C)N1CCN(CC2CCC(CNC(C)C)O2)CC1. The van der Waals surface area contributed by atoms with Crippen LogP contribution in [-0.4, -0.2) is 73.4 Å². The van der Waals surface area contributed by atoms with Crippen LogP contribution in [0.2, 0.25) is 0 Å². The van der Waals surface area contributed by atoms with Gasteiger partial charge in [-0.3, -0.25) is 9.80 Å². The van der Waals surface area contributed by atoms with Gasteiger partial charge in [-0.15, -0.1) is 0 Å². The van der Waals surface area contributed by atoms with Gasteiger partial charge in [-0.1, -0.05) is 20.8 Å². The lowest BCUT2D eigenvalue weighted by molar-refractivity contribution is 0.00844. The van der Waals surface area contributed by atoms with Gasteiger partial charge in [-0.05, 0) is 26.2 Å². The van der Waals surface area contributed by atoms with Crippen molar-refractivity contribution >= 4 is 0 Å². The van der Waals surface area contributed by atoms with Crippen molar-refractivity contribution < 1.29 is 4.74 Å². The maximum atomic E-state index is 6.19. The molecule has 1 N–H and O–H groups in total. The van der Waals surface area contributed by atoms with E-state index in [1.54, 1.807) is 0 Å². The summed E-state index contributed by atoms with van der Waals surface area (Å²) in [5.41, 5.74) is 0. The van der Waals surface area contributed by atoms with E-state index in [4.69, 9.17) is 4.74 Å². The van der Waals surface area contributed by atoms with Crippen LogP contribution in [0.5, 0.6) is 0 Å². The van der Waals surface area contributed by atoms with Crippen LogP contribution in [0.3, 0.4) is 0 Å². The minimum absolute atomic E-state index is 0.429. The Balaban J connectivity index is 1.63. The predicted molar refractivity (Wildman–Crippen MR) is 88.8 cm³/mol. The Labute approximate surface area is 131 Å². The molecular weight excluding hydrogens is 262 g/mol. The number of ether oxygens (including phenoxy) is 1. The molecule has 2 aliphatic heterocycles. The normalized spacial score (nSPS) is 30.1. The first-order chi connectivity index (χ1) is 10.1. The van der Waals surface area contributed by atoms with E-state index in [1.807, 2.05) is 0 Å². The van der Waals surface area contributed by atoms with Crippen LogP contribution >= 0.6 is 0 Å². The van der Waals surface area contributed by atoms with E-state index >= 15 is 0 Å². The number of hydrogen-bond donors (Lipinski definition) is 1. The van der Waals surface area contributed by atoms with Gasteiger partial charge < -0.3 is 10.1 Å². The summed E-state index contributed by atoms with van der Waals surface area (Å²) in [5.74, 6) is 0. The lowest BCUT2D eigenvalue weighted by Gasteiger charge is -2.38. The van der Waals surface area contributed by atoms with Gasteiger partial charge in [0.2, 0.25) is 0 Å². The van der Waals surface area contributed by atoms with Crippen molar-refractivity contribution in [3.8, 4) is 0 Å². The Morgan fingerprint density at radius 2 is 1.71 bits per heavy atom. The molecule has 0 spiro atoms. The fraction of sp³-hybridized carbons (Fsp3) is 1.00. The molecular formula is C17H35N3O. The Bertz CT molecular complexity index is 290. The Morgan fingerprint density at radius 3 is 2.33 bits per heavy atom. The summed E-state index contributed by atoms with van der Waals surface area (Å²) in [7, 11) is 0. The summed E-state index contributed by atoms with van der Waals surface area (Å²) in [6, 6.07) is 1.29. The molecule has 3 atom stereocenters. The fourth-order valence-corrected chi connectivity index (χ4v) is 3.36. The fourth-order valence-electron chi connectivity index (χ4n) is 3.36. The maximum absolute atomic E-state index is 6.19. The van der Waals surface area contributed by atoms with Crippen molar-refractivity contribution in [2.75, 3.05) is 39.3 Å². The van der Waals surface area contributed by atoms with Gasteiger partial charge in [0, 0.05) is 51.4 Å². The molecule has 2 aliphatic rings. The molecule has 0 aromatic rings. The second kappa shape index (κ2) is 8.47. The monoisotopic (exact) mass is 297 g/mol. The third-order valence-electron chi connectivity index (χ3n) is 5.03. The van der Waals surface area contributed by atoms with E-state index in [-0.39, 0.29) is 0 Å². The van der Waals surface area contributed by atoms with Gasteiger partial charge in [0.05, 0.1) is 12.2 Å². The van der Waals surface area contributed by atoms with Crippen LogP contribution in [-0.2, 0) is 4.74 Å². The molecule has 0 radical (unpaired) electrons. The van der Waals surface area contributed by atoms with Gasteiger partial charge in [0.1, 0.15) is 0 Å². The quantitative estimate of drug-likeness (QED) is 0.777. The predicted octanol–water partition coefficient (Wildman–Crippen LogP) is 1.95. The lowest BCUT2D eigenvalue weighted by atomic mass is 10.1. The second-order valence-electron chi connectivity index (χ2n) is 7.11. The highest BCUT2D eigenvalue weighted by Gasteiger charge is 2.28. The number of nitrogens with one attached hydrogen (secondary N) is 1. The topological polar surface area (TPSA) is 27.7 Å². The van der Waals surface area contributed by atoms with Crippen LogP contribution in [0, 0.1) is 0 Å². The number of hydrogen-bond acceptors (Lipinski definition) is 4. The molecule has 3 unspecified atom stereocenters. The molecule has 0 bridgehead atoms. The van der Waals surface area contributed by atoms with Gasteiger partial charge in [0.25, 0.3) is 0 Å². The van der Waals surface area contributed by atoms with Crippen LogP contribution in [0.4, 0.5) is 0 Å². The maximum Gasteiger partial charge on any atom is 0.0707 e. The summed E-state index contributed by atoms with van der Waals surface area (Å²) >= 11 is 0. The van der Waals surface area contributed by atoms with Gasteiger partial charge in [-0.2, -0.15) is 0 Å². The van der Waals surface area contributed by atoms with Gasteiger partial charge >= 0.3 is 0 Å². The third kappa shape index (κ3) is 5.51. The number of rotatable bonds is 7. The Morgan fingerprint density at radius 1 is 1.05 bits per heavy atom. The molecule has 4 nitrogen and oxygen atoms in total. The van der Waals surface area contributed by atoms with Crippen LogP contribution in [0.15, 0.2) is 0 Å². The molecule has 2 fully saturated rings. The van der Waals surface area contributed by atoms with E-state index in [0.29, 0.717) is 18.2 Å². The minimum atomic E-state index is 0.429. The molecule has 2 heterocycles. The Hall–Kier alpha value is -0.160. The van der Waals surface area contributed by atoms with Crippen molar-refractivity contribution in [1.82, 2.24) is 15.1 Å². The molecule has 124 valence electrons. The van der Waals surface area contributed by atoms with Gasteiger partial charge in [-0.25, -0.2) is 0 Å². The molecule has 0 aromatic heterocycles. The molecule has 0 saturated carbocycles. The van der Waals surface area contributed by atoms with Crippen LogP contribution in [0.25, 0.3) is 0 Å². The molecule has 4 heteroatoms. The first kappa shape index (κ1) is 17.2.